The lowest BCUT2D eigenvalue weighted by Gasteiger charge is -2.22. The van der Waals surface area contributed by atoms with Crippen LogP contribution in [0.5, 0.6) is 0 Å². The van der Waals surface area contributed by atoms with Crippen molar-refractivity contribution in [2.45, 2.75) is 50.9 Å². The summed E-state index contributed by atoms with van der Waals surface area (Å²) in [6, 6.07) is 4.03. The minimum atomic E-state index is 0. The Morgan fingerprint density at radius 3 is 3.04 bits per heavy atom. The van der Waals surface area contributed by atoms with Crippen molar-refractivity contribution < 1.29 is 9.15 Å². The summed E-state index contributed by atoms with van der Waals surface area (Å²) in [6.45, 7) is 3.53. The van der Waals surface area contributed by atoms with Crippen LogP contribution in [0.4, 0.5) is 0 Å². The van der Waals surface area contributed by atoms with Crippen LogP contribution in [0.3, 0.4) is 0 Å². The second-order valence-corrected chi connectivity index (χ2v) is 6.45. The normalized spacial score (nSPS) is 24.5. The molecule has 2 saturated heterocycles. The van der Waals surface area contributed by atoms with Crippen molar-refractivity contribution >= 4 is 29.9 Å². The molecular formula is C17H25IN6O2. The zero-order chi connectivity index (χ0) is 17.1. The number of halogens is 1. The number of ether oxygens (including phenoxy) is 1. The third-order valence-electron chi connectivity index (χ3n) is 4.66. The molecule has 2 aliphatic heterocycles. The third kappa shape index (κ3) is 4.37. The number of nitrogens with zero attached hydrogens (tertiary/aromatic N) is 3. The maximum absolute atomic E-state index is 5.90. The van der Waals surface area contributed by atoms with Gasteiger partial charge in [0.2, 0.25) is 5.82 Å². The van der Waals surface area contributed by atoms with E-state index in [-0.39, 0.29) is 24.0 Å². The molecule has 2 aromatic rings. The highest BCUT2D eigenvalue weighted by atomic mass is 127. The highest BCUT2D eigenvalue weighted by Gasteiger charge is 2.41. The molecule has 2 fully saturated rings. The highest BCUT2D eigenvalue weighted by Crippen LogP contribution is 2.34. The molecule has 2 aliphatic rings. The number of nitrogens with one attached hydrogen (secondary N) is 3. The number of hydrogen-bond donors (Lipinski definition) is 3. The van der Waals surface area contributed by atoms with Gasteiger partial charge in [0, 0.05) is 19.5 Å². The van der Waals surface area contributed by atoms with Crippen molar-refractivity contribution in [1.82, 2.24) is 25.8 Å². The van der Waals surface area contributed by atoms with Crippen molar-refractivity contribution in [3.63, 3.8) is 0 Å². The van der Waals surface area contributed by atoms with E-state index >= 15 is 0 Å². The van der Waals surface area contributed by atoms with Crippen molar-refractivity contribution in [2.75, 3.05) is 13.1 Å². The quantitative estimate of drug-likeness (QED) is 0.338. The first kappa shape index (κ1) is 19.2. The van der Waals surface area contributed by atoms with E-state index in [1.165, 1.54) is 6.42 Å². The molecule has 0 aromatic carbocycles. The average molecular weight is 472 g/mol. The molecule has 4 heterocycles. The summed E-state index contributed by atoms with van der Waals surface area (Å²) in [5, 5.41) is 13.9. The van der Waals surface area contributed by atoms with Crippen LogP contribution in [0.1, 0.15) is 32.0 Å². The largest absolute Gasteiger partial charge is 0.461 e. The van der Waals surface area contributed by atoms with Gasteiger partial charge in [-0.3, -0.25) is 10.1 Å². The van der Waals surface area contributed by atoms with Crippen LogP contribution in [-0.4, -0.2) is 52.5 Å². The molecular weight excluding hydrogens is 447 g/mol. The molecule has 0 spiro atoms. The van der Waals surface area contributed by atoms with Gasteiger partial charge in [0.05, 0.1) is 24.5 Å². The number of hydrogen-bond acceptors (Lipinski definition) is 5. The highest BCUT2D eigenvalue weighted by molar-refractivity contribution is 14.0. The van der Waals surface area contributed by atoms with Gasteiger partial charge in [-0.05, 0) is 38.3 Å². The molecule has 0 saturated carbocycles. The lowest BCUT2D eigenvalue weighted by Crippen LogP contribution is -2.47. The molecule has 8 nitrogen and oxygen atoms in total. The Labute approximate surface area is 169 Å². The Morgan fingerprint density at radius 1 is 1.42 bits per heavy atom. The van der Waals surface area contributed by atoms with Crippen LogP contribution in [0.25, 0.3) is 11.6 Å². The SMILES string of the molecule is CCNC(=NCCc1nc(-c2ccco2)n[nH]1)NC1CC2CCC1O2.I. The molecule has 26 heavy (non-hydrogen) atoms. The van der Waals surface area contributed by atoms with Gasteiger partial charge in [-0.15, -0.1) is 24.0 Å². The summed E-state index contributed by atoms with van der Waals surface area (Å²) in [4.78, 5) is 9.09. The molecule has 2 bridgehead atoms. The summed E-state index contributed by atoms with van der Waals surface area (Å²) in [5.74, 6) is 2.88. The predicted octanol–water partition coefficient (Wildman–Crippen LogP) is 2.10. The molecule has 2 aromatic heterocycles. The van der Waals surface area contributed by atoms with Gasteiger partial charge in [0.25, 0.3) is 0 Å². The van der Waals surface area contributed by atoms with Crippen LogP contribution in [0, 0.1) is 0 Å². The van der Waals surface area contributed by atoms with Crippen LogP contribution in [-0.2, 0) is 11.2 Å². The summed E-state index contributed by atoms with van der Waals surface area (Å²) >= 11 is 0. The summed E-state index contributed by atoms with van der Waals surface area (Å²) < 4.78 is 11.2. The predicted molar refractivity (Wildman–Crippen MR) is 109 cm³/mol. The van der Waals surface area contributed by atoms with Gasteiger partial charge in [-0.25, -0.2) is 4.98 Å². The van der Waals surface area contributed by atoms with E-state index < -0.39 is 0 Å². The molecule has 4 rings (SSSR count). The molecule has 142 valence electrons. The number of rotatable bonds is 6. The van der Waals surface area contributed by atoms with Gasteiger partial charge >= 0.3 is 0 Å². The van der Waals surface area contributed by atoms with Crippen LogP contribution in [0.2, 0.25) is 0 Å². The monoisotopic (exact) mass is 472 g/mol. The zero-order valence-corrected chi connectivity index (χ0v) is 17.1. The van der Waals surface area contributed by atoms with Gasteiger partial charge < -0.3 is 19.8 Å². The Bertz CT molecular complexity index is 717. The zero-order valence-electron chi connectivity index (χ0n) is 14.8. The van der Waals surface area contributed by atoms with Crippen LogP contribution in [0.15, 0.2) is 27.8 Å². The Kier molecular flexibility index (Phi) is 6.52. The molecule has 0 amide bonds. The van der Waals surface area contributed by atoms with Crippen molar-refractivity contribution in [3.05, 3.63) is 24.2 Å². The topological polar surface area (TPSA) is 100 Å². The summed E-state index contributed by atoms with van der Waals surface area (Å²) in [6.07, 6.45) is 6.48. The number of fused-ring (bicyclic) bond motifs is 2. The lowest BCUT2D eigenvalue weighted by molar-refractivity contribution is 0.0992. The smallest absolute Gasteiger partial charge is 0.216 e. The number of aliphatic imine (C=N–C) groups is 1. The number of aromatic nitrogens is 3. The van der Waals surface area contributed by atoms with E-state index in [1.807, 2.05) is 12.1 Å². The standard InChI is InChI=1S/C17H24N6O2.HI/c1-2-18-17(20-12-10-11-5-6-13(12)25-11)19-8-7-15-21-16(23-22-15)14-4-3-9-24-14;/h3-4,9,11-13H,2,5-8,10H2,1H3,(H2,18,19,20)(H,21,22,23);1H. The van der Waals surface area contributed by atoms with Crippen LogP contribution >= 0.6 is 24.0 Å². The van der Waals surface area contributed by atoms with E-state index in [0.717, 1.165) is 31.2 Å². The van der Waals surface area contributed by atoms with E-state index in [9.17, 15) is 0 Å². The number of H-pyrrole nitrogens is 1. The first-order valence-corrected chi connectivity index (χ1v) is 8.97. The first-order chi connectivity index (χ1) is 12.3. The van der Waals surface area contributed by atoms with Crippen molar-refractivity contribution in [1.29, 1.82) is 0 Å². The minimum absolute atomic E-state index is 0. The second kappa shape index (κ2) is 8.85. The average Bonchev–Trinajstić information content (AvgIpc) is 3.39. The molecule has 0 radical (unpaired) electrons. The molecule has 9 heteroatoms. The Hall–Kier alpha value is -1.62. The van der Waals surface area contributed by atoms with E-state index in [2.05, 4.69) is 37.7 Å². The fraction of sp³-hybridized carbons (Fsp3) is 0.588. The molecule has 3 atom stereocenters. The van der Waals surface area contributed by atoms with E-state index in [1.54, 1.807) is 6.26 Å². The Balaban J connectivity index is 0.00000196. The number of furan rings is 1. The minimum Gasteiger partial charge on any atom is -0.461 e. The summed E-state index contributed by atoms with van der Waals surface area (Å²) in [7, 11) is 0. The lowest BCUT2D eigenvalue weighted by atomic mass is 9.96. The fourth-order valence-electron chi connectivity index (χ4n) is 3.48. The van der Waals surface area contributed by atoms with Gasteiger partial charge in [-0.1, -0.05) is 0 Å². The molecule has 0 aliphatic carbocycles. The Morgan fingerprint density at radius 2 is 2.35 bits per heavy atom. The fourth-order valence-corrected chi connectivity index (χ4v) is 3.48. The molecule has 3 unspecified atom stereocenters. The van der Waals surface area contributed by atoms with E-state index in [0.29, 0.717) is 42.8 Å². The van der Waals surface area contributed by atoms with Gasteiger partial charge in [0.1, 0.15) is 5.82 Å². The van der Waals surface area contributed by atoms with Crippen LogP contribution < -0.4 is 10.6 Å². The van der Waals surface area contributed by atoms with E-state index in [4.69, 9.17) is 9.15 Å². The number of guanidine groups is 1. The van der Waals surface area contributed by atoms with Gasteiger partial charge in [0.15, 0.2) is 11.7 Å². The van der Waals surface area contributed by atoms with Gasteiger partial charge in [-0.2, -0.15) is 5.10 Å². The maximum atomic E-state index is 5.90. The van der Waals surface area contributed by atoms with Crippen molar-refractivity contribution in [2.24, 2.45) is 4.99 Å². The maximum Gasteiger partial charge on any atom is 0.216 e. The first-order valence-electron chi connectivity index (χ1n) is 8.97. The van der Waals surface area contributed by atoms with Crippen molar-refractivity contribution in [3.8, 4) is 11.6 Å². The summed E-state index contributed by atoms with van der Waals surface area (Å²) in [5.41, 5.74) is 0. The third-order valence-corrected chi connectivity index (χ3v) is 4.66. The second-order valence-electron chi connectivity index (χ2n) is 6.45. The number of aromatic amines is 1. The molecule has 3 N–H and O–H groups in total.